The summed E-state index contributed by atoms with van der Waals surface area (Å²) in [6.45, 7) is 2.88. The Bertz CT molecular complexity index is 1430. The molecule has 2 aromatic rings. The number of benzene rings is 2. The molecule has 0 aromatic heterocycles. The number of nitrogens with one attached hydrogen (secondary N) is 2. The highest BCUT2D eigenvalue weighted by Crippen LogP contribution is 2.53. The zero-order chi connectivity index (χ0) is 28.9. The Morgan fingerprint density at radius 3 is 2.59 bits per heavy atom. The first-order valence-electron chi connectivity index (χ1n) is 14.7. The molecule has 0 unspecified atom stereocenters. The molecule has 4 saturated carbocycles. The normalized spacial score (nSPS) is 26.9. The van der Waals surface area contributed by atoms with Gasteiger partial charge < -0.3 is 21.1 Å². The van der Waals surface area contributed by atoms with Gasteiger partial charge in [0.15, 0.2) is 0 Å². The van der Waals surface area contributed by atoms with Crippen molar-refractivity contribution < 1.29 is 23.5 Å². The molecular weight excluding hydrogens is 521 g/mol. The summed E-state index contributed by atoms with van der Waals surface area (Å²) >= 11 is 0. The summed E-state index contributed by atoms with van der Waals surface area (Å²) < 4.78 is 20.3. The molecule has 41 heavy (non-hydrogen) atoms. The van der Waals surface area contributed by atoms with E-state index in [1.54, 1.807) is 18.2 Å². The van der Waals surface area contributed by atoms with Crippen LogP contribution in [-0.2, 0) is 4.79 Å². The van der Waals surface area contributed by atoms with Crippen molar-refractivity contribution in [2.24, 2.45) is 34.8 Å². The van der Waals surface area contributed by atoms with Gasteiger partial charge in [0, 0.05) is 23.7 Å². The van der Waals surface area contributed by atoms with E-state index in [1.807, 2.05) is 0 Å². The molecular formula is C33H38FN3O4. The Morgan fingerprint density at radius 2 is 1.93 bits per heavy atom. The fraction of sp³-hybridized carbons (Fsp3) is 0.485. The molecule has 216 valence electrons. The van der Waals surface area contributed by atoms with Gasteiger partial charge in [-0.2, -0.15) is 0 Å². The molecule has 0 radical (unpaired) electrons. The molecule has 0 aliphatic heterocycles. The fourth-order valence-electron chi connectivity index (χ4n) is 7.08. The number of halogens is 1. The number of rotatable bonds is 9. The lowest BCUT2D eigenvalue weighted by molar-refractivity contribution is -0.127. The van der Waals surface area contributed by atoms with E-state index in [0.29, 0.717) is 23.8 Å². The van der Waals surface area contributed by atoms with Gasteiger partial charge in [-0.15, -0.1) is 0 Å². The van der Waals surface area contributed by atoms with Gasteiger partial charge in [-0.1, -0.05) is 31.1 Å². The van der Waals surface area contributed by atoms with Gasteiger partial charge in [-0.3, -0.25) is 14.4 Å². The summed E-state index contributed by atoms with van der Waals surface area (Å²) in [5.41, 5.74) is 7.94. The summed E-state index contributed by atoms with van der Waals surface area (Å²) in [5, 5.41) is 6.43. The Kier molecular flexibility index (Phi) is 7.12. The van der Waals surface area contributed by atoms with Crippen LogP contribution < -0.4 is 21.1 Å². The lowest BCUT2D eigenvalue weighted by Crippen LogP contribution is -2.52. The van der Waals surface area contributed by atoms with Crippen LogP contribution in [0.1, 0.15) is 72.6 Å². The van der Waals surface area contributed by atoms with Crippen molar-refractivity contribution in [3.8, 4) is 16.9 Å². The minimum absolute atomic E-state index is 0.0170. The van der Waals surface area contributed by atoms with Crippen molar-refractivity contribution in [2.45, 2.75) is 57.9 Å². The van der Waals surface area contributed by atoms with E-state index in [9.17, 15) is 18.8 Å². The topological polar surface area (TPSA) is 111 Å². The van der Waals surface area contributed by atoms with E-state index in [0.717, 1.165) is 25.7 Å². The molecule has 3 amide bonds. The average molecular weight is 560 g/mol. The number of hydrogen-bond donors (Lipinski definition) is 3. The van der Waals surface area contributed by atoms with E-state index in [1.165, 1.54) is 50.1 Å². The zero-order valence-corrected chi connectivity index (χ0v) is 23.7. The van der Waals surface area contributed by atoms with Gasteiger partial charge in [-0.25, -0.2) is 4.39 Å². The van der Waals surface area contributed by atoms with Crippen LogP contribution in [0.4, 0.5) is 4.39 Å². The molecule has 0 saturated heterocycles. The van der Waals surface area contributed by atoms with Gasteiger partial charge in [0.2, 0.25) is 11.8 Å². The summed E-state index contributed by atoms with van der Waals surface area (Å²) in [6, 6.07) is 8.42. The third kappa shape index (κ3) is 5.36. The average Bonchev–Trinajstić information content (AvgIpc) is 3.57. The van der Waals surface area contributed by atoms with Gasteiger partial charge in [0.1, 0.15) is 11.6 Å². The SMILES string of the molecule is COc1ccc(-c2cc(C(N)=O)ccc2F)cc1C(=O)N[C@@H]1[C@H]2C/C(=C/C3CC3)[C@H](C2)[C@@H]1C(=O)NCC1(C)CCC1. The Labute approximate surface area is 240 Å². The van der Waals surface area contributed by atoms with Crippen LogP contribution >= 0.6 is 0 Å². The third-order valence-corrected chi connectivity index (χ3v) is 9.79. The first-order valence-corrected chi connectivity index (χ1v) is 14.7. The number of carbonyl (C=O) groups is 3. The van der Waals surface area contributed by atoms with Gasteiger partial charge >= 0.3 is 0 Å². The second-order valence-corrected chi connectivity index (χ2v) is 12.8. The molecule has 4 fully saturated rings. The molecule has 4 aliphatic carbocycles. The zero-order valence-electron chi connectivity index (χ0n) is 23.7. The smallest absolute Gasteiger partial charge is 0.255 e. The first kappa shape index (κ1) is 27.5. The van der Waals surface area contributed by atoms with Crippen LogP contribution in [-0.4, -0.2) is 37.4 Å². The molecule has 7 nitrogen and oxygen atoms in total. The van der Waals surface area contributed by atoms with Gasteiger partial charge in [0.25, 0.3) is 5.91 Å². The third-order valence-electron chi connectivity index (χ3n) is 9.79. The summed E-state index contributed by atoms with van der Waals surface area (Å²) in [5.74, 6) is -0.588. The van der Waals surface area contributed by atoms with Crippen LogP contribution in [0, 0.1) is 34.9 Å². The van der Waals surface area contributed by atoms with E-state index in [-0.39, 0.29) is 57.7 Å². The monoisotopic (exact) mass is 559 g/mol. The maximum Gasteiger partial charge on any atom is 0.255 e. The van der Waals surface area contributed by atoms with Crippen molar-refractivity contribution in [1.29, 1.82) is 0 Å². The number of nitrogens with two attached hydrogens (primary N) is 1. The Morgan fingerprint density at radius 1 is 1.15 bits per heavy atom. The molecule has 0 spiro atoms. The van der Waals surface area contributed by atoms with E-state index >= 15 is 0 Å². The molecule has 0 heterocycles. The molecule has 4 N–H and O–H groups in total. The largest absolute Gasteiger partial charge is 0.496 e. The second kappa shape index (κ2) is 10.6. The Balaban J connectivity index is 1.27. The minimum atomic E-state index is -0.667. The maximum atomic E-state index is 14.8. The van der Waals surface area contributed by atoms with Crippen molar-refractivity contribution in [2.75, 3.05) is 13.7 Å². The van der Waals surface area contributed by atoms with E-state index in [2.05, 4.69) is 23.6 Å². The van der Waals surface area contributed by atoms with Crippen LogP contribution in [0.5, 0.6) is 5.75 Å². The molecule has 8 heteroatoms. The van der Waals surface area contributed by atoms with Crippen molar-refractivity contribution in [1.82, 2.24) is 10.6 Å². The number of carbonyl (C=O) groups excluding carboxylic acids is 3. The summed E-state index contributed by atoms with van der Waals surface area (Å²) in [7, 11) is 1.48. The molecule has 2 bridgehead atoms. The molecule has 4 atom stereocenters. The van der Waals surface area contributed by atoms with Crippen LogP contribution in [0.15, 0.2) is 48.0 Å². The molecule has 4 aliphatic rings. The lowest BCUT2D eigenvalue weighted by atomic mass is 9.70. The number of methoxy groups -OCH3 is 1. The minimum Gasteiger partial charge on any atom is -0.496 e. The highest BCUT2D eigenvalue weighted by molar-refractivity contribution is 5.99. The fourth-order valence-corrected chi connectivity index (χ4v) is 7.08. The number of primary amides is 1. The quantitative estimate of drug-likeness (QED) is 0.376. The number of hydrogen-bond acceptors (Lipinski definition) is 4. The lowest BCUT2D eigenvalue weighted by Gasteiger charge is -2.39. The van der Waals surface area contributed by atoms with Crippen LogP contribution in [0.25, 0.3) is 11.1 Å². The predicted octanol–water partition coefficient (Wildman–Crippen LogP) is 5.00. The van der Waals surface area contributed by atoms with Gasteiger partial charge in [0.05, 0.1) is 18.6 Å². The number of amides is 3. The van der Waals surface area contributed by atoms with Crippen molar-refractivity contribution >= 4 is 17.7 Å². The van der Waals surface area contributed by atoms with Crippen LogP contribution in [0.3, 0.4) is 0 Å². The maximum absolute atomic E-state index is 14.8. The molecule has 2 aromatic carbocycles. The highest BCUT2D eigenvalue weighted by Gasteiger charge is 2.54. The Hall–Kier alpha value is -3.68. The molecule has 6 rings (SSSR count). The van der Waals surface area contributed by atoms with Crippen molar-refractivity contribution in [3.05, 3.63) is 65.0 Å². The number of ether oxygens (including phenoxy) is 1. The van der Waals surface area contributed by atoms with E-state index < -0.39 is 11.7 Å². The van der Waals surface area contributed by atoms with Gasteiger partial charge in [-0.05, 0) is 97.6 Å². The van der Waals surface area contributed by atoms with E-state index in [4.69, 9.17) is 10.5 Å². The standard InChI is InChI=1S/C33H38FN3O4/c1-33(10-3-11-33)17-36-32(40)28-24-16-22(13-21(24)12-18-4-5-18)29(28)37-31(39)25-14-19(7-9-27(25)41-2)23-15-20(30(35)38)6-8-26(23)34/h6-9,12,14-15,18,22,24,28-29H,3-5,10-11,13,16-17H2,1-2H3,(H2,35,38)(H,36,40)(H,37,39)/b21-12-/t22-,24-,28-,29+/m0/s1. The second-order valence-electron chi connectivity index (χ2n) is 12.8. The summed E-state index contributed by atoms with van der Waals surface area (Å²) in [4.78, 5) is 39.2. The summed E-state index contributed by atoms with van der Waals surface area (Å²) in [6.07, 6.45) is 10.1. The number of allylic oxidation sites excluding steroid dienone is 2. The number of fused-ring (bicyclic) bond motifs is 2. The van der Waals surface area contributed by atoms with Crippen LogP contribution in [0.2, 0.25) is 0 Å². The van der Waals surface area contributed by atoms with Crippen molar-refractivity contribution in [3.63, 3.8) is 0 Å². The predicted molar refractivity (Wildman–Crippen MR) is 154 cm³/mol. The first-order chi connectivity index (χ1) is 19.7. The highest BCUT2D eigenvalue weighted by atomic mass is 19.1.